The van der Waals surface area contributed by atoms with Crippen molar-refractivity contribution in [2.45, 2.75) is 19.9 Å². The van der Waals surface area contributed by atoms with E-state index in [0.717, 1.165) is 17.0 Å². The van der Waals surface area contributed by atoms with Gasteiger partial charge in [-0.25, -0.2) is 4.98 Å². The lowest BCUT2D eigenvalue weighted by Gasteiger charge is -2.04. The summed E-state index contributed by atoms with van der Waals surface area (Å²) in [4.78, 5) is 5.83. The standard InChI is InChI=1S/C10H15N3S/c1-5-6(2)14-10(12-5)13-9-7-3-11-4-8(7)9/h7-9,11H,3-4H2,1-2H3,(H,12,13). The van der Waals surface area contributed by atoms with E-state index in [2.05, 4.69) is 29.5 Å². The summed E-state index contributed by atoms with van der Waals surface area (Å²) in [6, 6.07) is 0.696. The highest BCUT2D eigenvalue weighted by atomic mass is 32.1. The highest BCUT2D eigenvalue weighted by Gasteiger charge is 2.53. The number of nitrogens with one attached hydrogen (secondary N) is 2. The minimum absolute atomic E-state index is 0.696. The second kappa shape index (κ2) is 2.94. The number of piperidine rings is 1. The van der Waals surface area contributed by atoms with Crippen LogP contribution in [-0.2, 0) is 0 Å². The Kier molecular flexibility index (Phi) is 1.82. The molecule has 0 bridgehead atoms. The Morgan fingerprint density at radius 2 is 2.07 bits per heavy atom. The molecule has 2 aliphatic rings. The molecule has 14 heavy (non-hydrogen) atoms. The Morgan fingerprint density at radius 1 is 1.36 bits per heavy atom. The molecule has 1 saturated carbocycles. The number of thiazole rings is 1. The fraction of sp³-hybridized carbons (Fsp3) is 0.700. The van der Waals surface area contributed by atoms with E-state index < -0.39 is 0 Å². The van der Waals surface area contributed by atoms with Gasteiger partial charge in [-0.2, -0.15) is 0 Å². The van der Waals surface area contributed by atoms with Crippen molar-refractivity contribution in [3.63, 3.8) is 0 Å². The Balaban J connectivity index is 1.68. The molecule has 0 spiro atoms. The number of anilines is 1. The van der Waals surface area contributed by atoms with Crippen molar-refractivity contribution in [2.24, 2.45) is 11.8 Å². The Bertz CT molecular complexity index is 331. The molecule has 3 nitrogen and oxygen atoms in total. The molecule has 1 aliphatic carbocycles. The van der Waals surface area contributed by atoms with E-state index in [4.69, 9.17) is 0 Å². The summed E-state index contributed by atoms with van der Waals surface area (Å²) < 4.78 is 0. The van der Waals surface area contributed by atoms with E-state index in [1.807, 2.05) is 0 Å². The van der Waals surface area contributed by atoms with Crippen molar-refractivity contribution in [3.05, 3.63) is 10.6 Å². The van der Waals surface area contributed by atoms with Crippen LogP contribution in [0, 0.1) is 25.7 Å². The van der Waals surface area contributed by atoms with Crippen LogP contribution in [0.2, 0.25) is 0 Å². The Hall–Kier alpha value is -0.610. The van der Waals surface area contributed by atoms with Crippen molar-refractivity contribution in [1.82, 2.24) is 10.3 Å². The third-order valence-electron chi connectivity index (χ3n) is 3.41. The lowest BCUT2D eigenvalue weighted by Crippen LogP contribution is -2.21. The number of rotatable bonds is 2. The second-order valence-corrected chi connectivity index (χ2v) is 5.52. The fourth-order valence-electron chi connectivity index (χ4n) is 2.31. The molecule has 1 aromatic heterocycles. The van der Waals surface area contributed by atoms with Crippen molar-refractivity contribution in [1.29, 1.82) is 0 Å². The van der Waals surface area contributed by atoms with E-state index >= 15 is 0 Å². The van der Waals surface area contributed by atoms with Gasteiger partial charge in [-0.1, -0.05) is 0 Å². The van der Waals surface area contributed by atoms with Gasteiger partial charge in [0.1, 0.15) is 0 Å². The van der Waals surface area contributed by atoms with E-state index in [1.165, 1.54) is 23.7 Å². The highest BCUT2D eigenvalue weighted by Crippen LogP contribution is 2.44. The minimum atomic E-state index is 0.696. The number of aromatic nitrogens is 1. The minimum Gasteiger partial charge on any atom is -0.358 e. The van der Waals surface area contributed by atoms with Crippen molar-refractivity contribution < 1.29 is 0 Å². The van der Waals surface area contributed by atoms with E-state index in [0.29, 0.717) is 6.04 Å². The molecule has 4 heteroatoms. The predicted octanol–water partition coefficient (Wildman–Crippen LogP) is 1.39. The topological polar surface area (TPSA) is 37.0 Å². The molecular weight excluding hydrogens is 194 g/mol. The van der Waals surface area contributed by atoms with Crippen LogP contribution in [0.3, 0.4) is 0 Å². The number of hydrogen-bond acceptors (Lipinski definition) is 4. The number of fused-ring (bicyclic) bond motifs is 1. The molecule has 1 aliphatic heterocycles. The average Bonchev–Trinajstić information content (AvgIpc) is 2.53. The third kappa shape index (κ3) is 1.25. The number of aryl methyl sites for hydroxylation is 2. The van der Waals surface area contributed by atoms with Gasteiger partial charge in [0.05, 0.1) is 5.69 Å². The first kappa shape index (κ1) is 8.68. The first-order valence-corrected chi connectivity index (χ1v) is 5.98. The quantitative estimate of drug-likeness (QED) is 0.773. The number of nitrogens with zero attached hydrogens (tertiary/aromatic N) is 1. The first-order chi connectivity index (χ1) is 6.75. The molecule has 0 aromatic carbocycles. The molecule has 0 radical (unpaired) electrons. The van der Waals surface area contributed by atoms with Crippen molar-refractivity contribution in [2.75, 3.05) is 18.4 Å². The van der Waals surface area contributed by atoms with Gasteiger partial charge in [0.25, 0.3) is 0 Å². The van der Waals surface area contributed by atoms with Crippen molar-refractivity contribution in [3.8, 4) is 0 Å². The summed E-state index contributed by atoms with van der Waals surface area (Å²) in [5.41, 5.74) is 1.17. The summed E-state index contributed by atoms with van der Waals surface area (Å²) in [5, 5.41) is 8.05. The molecule has 2 atom stereocenters. The van der Waals surface area contributed by atoms with Crippen molar-refractivity contribution >= 4 is 16.5 Å². The van der Waals surface area contributed by atoms with Gasteiger partial charge in [-0.05, 0) is 25.7 Å². The maximum absolute atomic E-state index is 4.50. The lowest BCUT2D eigenvalue weighted by molar-refractivity contribution is 0.696. The maximum Gasteiger partial charge on any atom is 0.183 e. The first-order valence-electron chi connectivity index (χ1n) is 5.17. The van der Waals surface area contributed by atoms with Crippen LogP contribution in [0.4, 0.5) is 5.13 Å². The summed E-state index contributed by atoms with van der Waals surface area (Å²) >= 11 is 1.78. The zero-order chi connectivity index (χ0) is 9.71. The number of hydrogen-bond donors (Lipinski definition) is 2. The second-order valence-electron chi connectivity index (χ2n) is 4.32. The molecule has 1 aromatic rings. The monoisotopic (exact) mass is 209 g/mol. The van der Waals surface area contributed by atoms with Gasteiger partial charge in [0.2, 0.25) is 0 Å². The fourth-order valence-corrected chi connectivity index (χ4v) is 3.17. The van der Waals surface area contributed by atoms with E-state index in [9.17, 15) is 0 Å². The molecule has 2 N–H and O–H groups in total. The van der Waals surface area contributed by atoms with Crippen LogP contribution in [0.5, 0.6) is 0 Å². The van der Waals surface area contributed by atoms with Gasteiger partial charge in [0.15, 0.2) is 5.13 Å². The van der Waals surface area contributed by atoms with Crippen LogP contribution in [0.1, 0.15) is 10.6 Å². The SMILES string of the molecule is Cc1nc(NC2C3CNCC32)sc1C. The van der Waals surface area contributed by atoms with E-state index in [1.54, 1.807) is 11.3 Å². The molecule has 0 amide bonds. The normalized spacial score (nSPS) is 34.3. The average molecular weight is 209 g/mol. The van der Waals surface area contributed by atoms with Gasteiger partial charge < -0.3 is 10.6 Å². The largest absolute Gasteiger partial charge is 0.358 e. The Labute approximate surface area is 87.9 Å². The summed E-state index contributed by atoms with van der Waals surface area (Å²) in [6.07, 6.45) is 0. The summed E-state index contributed by atoms with van der Waals surface area (Å²) in [5.74, 6) is 1.72. The van der Waals surface area contributed by atoms with E-state index in [-0.39, 0.29) is 0 Å². The zero-order valence-corrected chi connectivity index (χ0v) is 9.32. The molecule has 2 heterocycles. The zero-order valence-electron chi connectivity index (χ0n) is 8.50. The molecular formula is C10H15N3S. The maximum atomic E-state index is 4.50. The smallest absolute Gasteiger partial charge is 0.183 e. The van der Waals surface area contributed by atoms with Crippen LogP contribution in [0.25, 0.3) is 0 Å². The van der Waals surface area contributed by atoms with Crippen LogP contribution < -0.4 is 10.6 Å². The predicted molar refractivity (Wildman–Crippen MR) is 58.8 cm³/mol. The van der Waals surface area contributed by atoms with Gasteiger partial charge in [-0.15, -0.1) is 11.3 Å². The lowest BCUT2D eigenvalue weighted by atomic mass is 10.4. The van der Waals surface area contributed by atoms with Gasteiger partial charge in [0, 0.05) is 24.0 Å². The van der Waals surface area contributed by atoms with Crippen LogP contribution in [0.15, 0.2) is 0 Å². The summed E-state index contributed by atoms with van der Waals surface area (Å²) in [7, 11) is 0. The third-order valence-corrected chi connectivity index (χ3v) is 4.41. The van der Waals surface area contributed by atoms with Gasteiger partial charge >= 0.3 is 0 Å². The molecule has 2 fully saturated rings. The summed E-state index contributed by atoms with van der Waals surface area (Å²) in [6.45, 7) is 6.58. The Morgan fingerprint density at radius 3 is 2.64 bits per heavy atom. The van der Waals surface area contributed by atoms with Gasteiger partial charge in [-0.3, -0.25) is 0 Å². The molecule has 1 saturated heterocycles. The highest BCUT2D eigenvalue weighted by molar-refractivity contribution is 7.15. The molecule has 76 valence electrons. The molecule has 2 unspecified atom stereocenters. The van der Waals surface area contributed by atoms with Crippen LogP contribution in [-0.4, -0.2) is 24.1 Å². The van der Waals surface area contributed by atoms with Crippen LogP contribution >= 0.6 is 11.3 Å². The molecule has 3 rings (SSSR count).